The van der Waals surface area contributed by atoms with E-state index >= 15 is 0 Å². The van der Waals surface area contributed by atoms with Crippen molar-refractivity contribution in [2.75, 3.05) is 11.9 Å². The number of hydrogen-bond acceptors (Lipinski definition) is 8. The fraction of sp³-hybridized carbons (Fsp3) is 0.300. The van der Waals surface area contributed by atoms with Gasteiger partial charge in [0.2, 0.25) is 5.89 Å². The van der Waals surface area contributed by atoms with Crippen LogP contribution in [-0.4, -0.2) is 37.6 Å². The molecule has 2 N–H and O–H groups in total. The molecular weight excluding hydrogens is 410 g/mol. The van der Waals surface area contributed by atoms with Crippen molar-refractivity contribution in [2.24, 2.45) is 0 Å². The van der Waals surface area contributed by atoms with Crippen LogP contribution >= 0.6 is 11.6 Å². The number of aliphatic hydroxyl groups excluding tert-OH is 1. The van der Waals surface area contributed by atoms with Crippen molar-refractivity contribution in [1.29, 1.82) is 0 Å². The third-order valence-electron chi connectivity index (χ3n) is 5.20. The number of hydrogen-bond donors (Lipinski definition) is 2. The van der Waals surface area contributed by atoms with Crippen LogP contribution in [0.15, 0.2) is 46.0 Å². The van der Waals surface area contributed by atoms with E-state index in [-0.39, 0.29) is 24.1 Å². The maximum Gasteiger partial charge on any atom is 0.263 e. The molecule has 30 heavy (non-hydrogen) atoms. The minimum Gasteiger partial charge on any atom is -0.373 e. The van der Waals surface area contributed by atoms with Crippen LogP contribution in [0.25, 0.3) is 6.08 Å². The number of ether oxygens (including phenoxy) is 1. The molecule has 1 unspecified atom stereocenters. The van der Waals surface area contributed by atoms with Crippen LogP contribution in [0.5, 0.6) is 0 Å². The Balaban J connectivity index is 1.30. The molecule has 0 bridgehead atoms. The van der Waals surface area contributed by atoms with Gasteiger partial charge in [0.15, 0.2) is 5.82 Å². The smallest absolute Gasteiger partial charge is 0.263 e. The summed E-state index contributed by atoms with van der Waals surface area (Å²) in [5.74, 6) is 1.23. The summed E-state index contributed by atoms with van der Waals surface area (Å²) in [7, 11) is 0. The second kappa shape index (κ2) is 7.67. The molecular formula is C20H18ClN5O4. The molecule has 0 aliphatic carbocycles. The average molecular weight is 428 g/mol. The second-order valence-electron chi connectivity index (χ2n) is 7.24. The van der Waals surface area contributed by atoms with Gasteiger partial charge in [0.05, 0.1) is 18.3 Å². The van der Waals surface area contributed by atoms with Gasteiger partial charge in [-0.1, -0.05) is 28.9 Å². The third kappa shape index (κ3) is 3.62. The molecule has 4 heterocycles. The zero-order valence-electron chi connectivity index (χ0n) is 15.7. The Morgan fingerprint density at radius 1 is 1.30 bits per heavy atom. The third-order valence-corrected chi connectivity index (χ3v) is 5.45. The summed E-state index contributed by atoms with van der Waals surface area (Å²) >= 11 is 5.95. The quantitative estimate of drug-likeness (QED) is 0.651. The lowest BCUT2D eigenvalue weighted by molar-refractivity contribution is 0.110. The Hall–Kier alpha value is -3.01. The van der Waals surface area contributed by atoms with Crippen molar-refractivity contribution in [1.82, 2.24) is 19.7 Å². The normalized spacial score (nSPS) is 22.7. The summed E-state index contributed by atoms with van der Waals surface area (Å²) in [6.07, 6.45) is 4.26. The number of aliphatic hydroxyl groups is 1. The highest BCUT2D eigenvalue weighted by atomic mass is 35.5. The standard InChI is InChI=1S/C20H18ClN5O4/c21-13-3-1-11(2-4-13)15-7-12(9-29-15)18-24-17(30-25-18)8-26-10-22-19-14(20(26)28)5-6-16(27)23-19/h1-6,10,12,15-16,23,27H,7-9H2/t12-,15+,16?/m0/s1. The Bertz CT molecular complexity index is 1160. The number of anilines is 1. The fourth-order valence-corrected chi connectivity index (χ4v) is 3.75. The molecule has 0 radical (unpaired) electrons. The second-order valence-corrected chi connectivity index (χ2v) is 7.68. The SMILES string of the molecule is O=c1c2c(ncn1Cc1nc([C@@H]3CO[C@@H](c4ccc(Cl)cc4)C3)no1)NC(O)C=C2. The van der Waals surface area contributed by atoms with E-state index in [0.717, 1.165) is 12.0 Å². The monoisotopic (exact) mass is 427 g/mol. The van der Waals surface area contributed by atoms with E-state index in [4.69, 9.17) is 20.9 Å². The van der Waals surface area contributed by atoms with E-state index in [9.17, 15) is 9.90 Å². The summed E-state index contributed by atoms with van der Waals surface area (Å²) in [5.41, 5.74) is 1.17. The van der Waals surface area contributed by atoms with Gasteiger partial charge >= 0.3 is 0 Å². The first-order chi connectivity index (χ1) is 14.6. The first-order valence-electron chi connectivity index (χ1n) is 9.48. The lowest BCUT2D eigenvalue weighted by Gasteiger charge is -2.16. The predicted molar refractivity (Wildman–Crippen MR) is 108 cm³/mol. The van der Waals surface area contributed by atoms with Gasteiger partial charge in [0.25, 0.3) is 5.56 Å². The number of nitrogens with zero attached hydrogens (tertiary/aromatic N) is 4. The Morgan fingerprint density at radius 2 is 2.13 bits per heavy atom. The van der Waals surface area contributed by atoms with Gasteiger partial charge in [-0.05, 0) is 36.3 Å². The lowest BCUT2D eigenvalue weighted by Crippen LogP contribution is -2.29. The molecule has 2 aliphatic rings. The number of halogens is 1. The fourth-order valence-electron chi connectivity index (χ4n) is 3.62. The summed E-state index contributed by atoms with van der Waals surface area (Å²) in [5, 5.41) is 17.1. The number of nitrogens with one attached hydrogen (secondary N) is 1. The summed E-state index contributed by atoms with van der Waals surface area (Å²) in [6.45, 7) is 0.599. The van der Waals surface area contributed by atoms with Gasteiger partial charge < -0.3 is 19.7 Å². The average Bonchev–Trinajstić information content (AvgIpc) is 3.40. The van der Waals surface area contributed by atoms with Crippen LogP contribution < -0.4 is 10.9 Å². The molecule has 9 nitrogen and oxygen atoms in total. The summed E-state index contributed by atoms with van der Waals surface area (Å²) in [4.78, 5) is 21.3. The van der Waals surface area contributed by atoms with Crippen molar-refractivity contribution < 1.29 is 14.4 Å². The minimum absolute atomic E-state index is 0.00942. The largest absolute Gasteiger partial charge is 0.373 e. The maximum absolute atomic E-state index is 12.6. The van der Waals surface area contributed by atoms with Gasteiger partial charge in [-0.2, -0.15) is 4.98 Å². The Labute approximate surface area is 176 Å². The number of fused-ring (bicyclic) bond motifs is 1. The van der Waals surface area contributed by atoms with Crippen molar-refractivity contribution in [3.63, 3.8) is 0 Å². The molecule has 1 saturated heterocycles. The molecule has 154 valence electrons. The van der Waals surface area contributed by atoms with Gasteiger partial charge in [-0.25, -0.2) is 4.98 Å². The zero-order chi connectivity index (χ0) is 20.7. The van der Waals surface area contributed by atoms with Gasteiger partial charge in [0.1, 0.15) is 24.9 Å². The molecule has 3 aromatic rings. The molecule has 10 heteroatoms. The van der Waals surface area contributed by atoms with Crippen LogP contribution in [0, 0.1) is 0 Å². The number of aromatic nitrogens is 4. The summed E-state index contributed by atoms with van der Waals surface area (Å²) < 4.78 is 12.6. The van der Waals surface area contributed by atoms with Crippen LogP contribution in [0.3, 0.4) is 0 Å². The van der Waals surface area contributed by atoms with Crippen molar-refractivity contribution in [2.45, 2.75) is 31.2 Å². The molecule has 2 aliphatic heterocycles. The van der Waals surface area contributed by atoms with E-state index in [1.807, 2.05) is 24.3 Å². The van der Waals surface area contributed by atoms with E-state index in [1.54, 1.807) is 6.08 Å². The van der Waals surface area contributed by atoms with Crippen molar-refractivity contribution in [3.8, 4) is 0 Å². The lowest BCUT2D eigenvalue weighted by atomic mass is 10.0. The van der Waals surface area contributed by atoms with Gasteiger partial charge in [0, 0.05) is 10.9 Å². The van der Waals surface area contributed by atoms with Crippen LogP contribution in [0.4, 0.5) is 5.82 Å². The zero-order valence-corrected chi connectivity index (χ0v) is 16.5. The van der Waals surface area contributed by atoms with Crippen LogP contribution in [0.2, 0.25) is 5.02 Å². The maximum atomic E-state index is 12.6. The first-order valence-corrected chi connectivity index (χ1v) is 9.86. The van der Waals surface area contributed by atoms with E-state index in [1.165, 1.54) is 17.0 Å². The summed E-state index contributed by atoms with van der Waals surface area (Å²) in [6, 6.07) is 7.59. The van der Waals surface area contributed by atoms with Gasteiger partial charge in [-0.15, -0.1) is 0 Å². The molecule has 1 fully saturated rings. The van der Waals surface area contributed by atoms with E-state index < -0.39 is 6.23 Å². The van der Waals surface area contributed by atoms with Crippen LogP contribution in [0.1, 0.15) is 41.3 Å². The van der Waals surface area contributed by atoms with E-state index in [0.29, 0.717) is 34.7 Å². The molecule has 0 spiro atoms. The highest BCUT2D eigenvalue weighted by molar-refractivity contribution is 6.30. The first kappa shape index (κ1) is 19.0. The Morgan fingerprint density at radius 3 is 2.97 bits per heavy atom. The highest BCUT2D eigenvalue weighted by Gasteiger charge is 2.31. The molecule has 2 aromatic heterocycles. The van der Waals surface area contributed by atoms with Crippen molar-refractivity contribution in [3.05, 3.63) is 74.9 Å². The molecule has 3 atom stereocenters. The number of rotatable bonds is 4. The molecule has 1 aromatic carbocycles. The molecule has 0 saturated carbocycles. The van der Waals surface area contributed by atoms with Crippen molar-refractivity contribution >= 4 is 23.5 Å². The van der Waals surface area contributed by atoms with E-state index in [2.05, 4.69) is 20.4 Å². The number of benzene rings is 1. The minimum atomic E-state index is -0.857. The molecule has 0 amide bonds. The highest BCUT2D eigenvalue weighted by Crippen LogP contribution is 2.37. The Kier molecular flexibility index (Phi) is 4.86. The topological polar surface area (TPSA) is 115 Å². The van der Waals surface area contributed by atoms with Gasteiger partial charge in [-0.3, -0.25) is 9.36 Å². The van der Waals surface area contributed by atoms with Crippen LogP contribution in [-0.2, 0) is 11.3 Å². The predicted octanol–water partition coefficient (Wildman–Crippen LogP) is 2.33. The molecule has 5 rings (SSSR count).